The molecule has 0 spiro atoms. The number of ketones is 1. The minimum absolute atomic E-state index is 0.0370. The molecule has 0 aliphatic rings. The van der Waals surface area contributed by atoms with Crippen LogP contribution >= 0.6 is 22.6 Å². The predicted molar refractivity (Wildman–Crippen MR) is 73.7 cm³/mol. The second-order valence-electron chi connectivity index (χ2n) is 3.41. The fourth-order valence-corrected chi connectivity index (χ4v) is 1.57. The van der Waals surface area contributed by atoms with E-state index in [0.29, 0.717) is 12.2 Å². The van der Waals surface area contributed by atoms with E-state index in [1.54, 1.807) is 0 Å². The Morgan fingerprint density at radius 1 is 1.38 bits per heavy atom. The molecular weight excluding hydrogens is 315 g/mol. The van der Waals surface area contributed by atoms with Crippen LogP contribution in [0.25, 0.3) is 0 Å². The van der Waals surface area contributed by atoms with Crippen LogP contribution in [-0.4, -0.2) is 19.0 Å². The van der Waals surface area contributed by atoms with Crippen molar-refractivity contribution in [1.29, 1.82) is 0 Å². The van der Waals surface area contributed by atoms with Crippen molar-refractivity contribution in [3.63, 3.8) is 0 Å². The van der Waals surface area contributed by atoms with Gasteiger partial charge in [0.25, 0.3) is 0 Å². The fraction of sp³-hybridized carbons (Fsp3) is 0.308. The monoisotopic (exact) mass is 330 g/mol. The molecular formula is C13H15IO2. The smallest absolute Gasteiger partial charge is 0.188 e. The number of rotatable bonds is 7. The van der Waals surface area contributed by atoms with Gasteiger partial charge >= 0.3 is 0 Å². The fourth-order valence-electron chi connectivity index (χ4n) is 1.21. The first kappa shape index (κ1) is 13.4. The average molecular weight is 330 g/mol. The lowest BCUT2D eigenvalue weighted by molar-refractivity contribution is 0.0757. The van der Waals surface area contributed by atoms with E-state index in [-0.39, 0.29) is 12.4 Å². The number of unbranched alkanes of at least 4 members (excludes halogenated alkanes) is 1. The summed E-state index contributed by atoms with van der Waals surface area (Å²) in [5.74, 6) is 0.0370. The van der Waals surface area contributed by atoms with Crippen molar-refractivity contribution in [2.24, 2.45) is 0 Å². The Bertz CT molecular complexity index is 343. The Balaban J connectivity index is 2.29. The van der Waals surface area contributed by atoms with Gasteiger partial charge in [0.2, 0.25) is 0 Å². The van der Waals surface area contributed by atoms with Gasteiger partial charge < -0.3 is 4.74 Å². The highest BCUT2D eigenvalue weighted by Gasteiger charge is 2.04. The Labute approximate surface area is 110 Å². The summed E-state index contributed by atoms with van der Waals surface area (Å²) in [5.41, 5.74) is 0.712. The highest BCUT2D eigenvalue weighted by atomic mass is 127. The molecule has 0 radical (unpaired) electrons. The van der Waals surface area contributed by atoms with Crippen molar-refractivity contribution in [1.82, 2.24) is 0 Å². The first-order valence-corrected chi connectivity index (χ1v) is 6.29. The summed E-state index contributed by atoms with van der Waals surface area (Å²) in [6.07, 6.45) is 3.70. The molecule has 0 aromatic heterocycles. The Kier molecular flexibility index (Phi) is 6.33. The molecule has 0 bridgehead atoms. The molecule has 0 fully saturated rings. The number of Topliss-reactive ketones (excluding diaryl/α,β-unsaturated/α-hetero) is 1. The van der Waals surface area contributed by atoms with Crippen molar-refractivity contribution in [3.8, 4) is 0 Å². The van der Waals surface area contributed by atoms with E-state index in [1.807, 2.05) is 30.3 Å². The van der Waals surface area contributed by atoms with Crippen LogP contribution in [0.5, 0.6) is 0 Å². The van der Waals surface area contributed by atoms with E-state index in [2.05, 4.69) is 29.2 Å². The summed E-state index contributed by atoms with van der Waals surface area (Å²) >= 11 is 2.21. The zero-order valence-electron chi connectivity index (χ0n) is 9.12. The molecule has 0 atom stereocenters. The van der Waals surface area contributed by atoms with Gasteiger partial charge in [-0.2, -0.15) is 0 Å². The van der Waals surface area contributed by atoms with Crippen molar-refractivity contribution >= 4 is 28.4 Å². The lowest BCUT2D eigenvalue weighted by atomic mass is 10.1. The number of benzene rings is 1. The normalized spacial score (nSPS) is 10.1. The molecule has 0 N–H and O–H groups in total. The van der Waals surface area contributed by atoms with Crippen LogP contribution in [0, 0.1) is 3.57 Å². The first-order chi connectivity index (χ1) is 7.74. The third-order valence-electron chi connectivity index (χ3n) is 2.10. The highest BCUT2D eigenvalue weighted by molar-refractivity contribution is 14.1. The maximum atomic E-state index is 11.6. The van der Waals surface area contributed by atoms with Gasteiger partial charge in [-0.25, -0.2) is 0 Å². The zero-order valence-corrected chi connectivity index (χ0v) is 11.3. The average Bonchev–Trinajstić information content (AvgIpc) is 2.29. The SMILES string of the molecule is C=CCCCOCC(=O)c1ccc(I)cc1. The molecule has 2 nitrogen and oxygen atoms in total. The molecule has 0 saturated heterocycles. The number of hydrogen-bond acceptors (Lipinski definition) is 2. The van der Waals surface area contributed by atoms with Gasteiger partial charge in [0, 0.05) is 15.7 Å². The van der Waals surface area contributed by atoms with E-state index in [0.717, 1.165) is 16.4 Å². The van der Waals surface area contributed by atoms with Crippen LogP contribution in [0.3, 0.4) is 0 Å². The van der Waals surface area contributed by atoms with Gasteiger partial charge in [-0.3, -0.25) is 4.79 Å². The lowest BCUT2D eigenvalue weighted by Gasteiger charge is -2.03. The molecule has 86 valence electrons. The lowest BCUT2D eigenvalue weighted by Crippen LogP contribution is -2.09. The van der Waals surface area contributed by atoms with E-state index < -0.39 is 0 Å². The van der Waals surface area contributed by atoms with Crippen LogP contribution in [-0.2, 0) is 4.74 Å². The summed E-state index contributed by atoms with van der Waals surface area (Å²) in [6.45, 7) is 4.40. The quantitative estimate of drug-likeness (QED) is 0.331. The second-order valence-corrected chi connectivity index (χ2v) is 4.66. The molecule has 16 heavy (non-hydrogen) atoms. The summed E-state index contributed by atoms with van der Waals surface area (Å²) in [7, 11) is 0. The molecule has 0 saturated carbocycles. The third kappa shape index (κ3) is 4.90. The number of carbonyl (C=O) groups excluding carboxylic acids is 1. The minimum Gasteiger partial charge on any atom is -0.373 e. The van der Waals surface area contributed by atoms with Crippen LogP contribution in [0.1, 0.15) is 23.2 Å². The van der Waals surface area contributed by atoms with Gasteiger partial charge in [-0.1, -0.05) is 18.2 Å². The van der Waals surface area contributed by atoms with Crippen LogP contribution in [0.4, 0.5) is 0 Å². The second kappa shape index (κ2) is 7.57. The van der Waals surface area contributed by atoms with E-state index in [1.165, 1.54) is 0 Å². The molecule has 1 aromatic rings. The highest BCUT2D eigenvalue weighted by Crippen LogP contribution is 2.07. The number of allylic oxidation sites excluding steroid dienone is 1. The van der Waals surface area contributed by atoms with Crippen molar-refractivity contribution in [2.45, 2.75) is 12.8 Å². The molecule has 1 rings (SSSR count). The summed E-state index contributed by atoms with van der Waals surface area (Å²) in [5, 5.41) is 0. The van der Waals surface area contributed by atoms with Crippen molar-refractivity contribution < 1.29 is 9.53 Å². The number of hydrogen-bond donors (Lipinski definition) is 0. The zero-order chi connectivity index (χ0) is 11.8. The van der Waals surface area contributed by atoms with E-state index >= 15 is 0 Å². The standard InChI is InChI=1S/C13H15IO2/c1-2-3-4-9-16-10-13(15)11-5-7-12(14)8-6-11/h2,5-8H,1,3-4,9-10H2. The molecule has 3 heteroatoms. The van der Waals surface area contributed by atoms with Crippen LogP contribution in [0.2, 0.25) is 0 Å². The number of halogens is 1. The van der Waals surface area contributed by atoms with Crippen LogP contribution < -0.4 is 0 Å². The molecule has 0 aliphatic carbocycles. The van der Waals surface area contributed by atoms with E-state index in [4.69, 9.17) is 4.74 Å². The summed E-state index contributed by atoms with van der Waals surface area (Å²) in [4.78, 5) is 11.6. The topological polar surface area (TPSA) is 26.3 Å². The summed E-state index contributed by atoms with van der Waals surface area (Å²) < 4.78 is 6.41. The number of carbonyl (C=O) groups is 1. The van der Waals surface area contributed by atoms with Gasteiger partial charge in [0.1, 0.15) is 6.61 Å². The Morgan fingerprint density at radius 3 is 2.69 bits per heavy atom. The maximum Gasteiger partial charge on any atom is 0.188 e. The largest absolute Gasteiger partial charge is 0.373 e. The van der Waals surface area contributed by atoms with Gasteiger partial charge in [-0.05, 0) is 47.6 Å². The van der Waals surface area contributed by atoms with Gasteiger partial charge in [0.05, 0.1) is 0 Å². The Morgan fingerprint density at radius 2 is 2.06 bits per heavy atom. The molecule has 0 amide bonds. The third-order valence-corrected chi connectivity index (χ3v) is 2.82. The number of ether oxygens (including phenoxy) is 1. The molecule has 0 unspecified atom stereocenters. The predicted octanol–water partition coefficient (Wildman–Crippen LogP) is 3.46. The van der Waals surface area contributed by atoms with Gasteiger partial charge in [0.15, 0.2) is 5.78 Å². The van der Waals surface area contributed by atoms with E-state index in [9.17, 15) is 4.79 Å². The summed E-state index contributed by atoms with van der Waals surface area (Å²) in [6, 6.07) is 7.51. The molecule has 0 heterocycles. The first-order valence-electron chi connectivity index (χ1n) is 5.21. The van der Waals surface area contributed by atoms with Gasteiger partial charge in [-0.15, -0.1) is 6.58 Å². The van der Waals surface area contributed by atoms with Crippen LogP contribution in [0.15, 0.2) is 36.9 Å². The van der Waals surface area contributed by atoms with Crippen molar-refractivity contribution in [3.05, 3.63) is 46.1 Å². The maximum absolute atomic E-state index is 11.6. The Hall–Kier alpha value is -0.680. The molecule has 0 aliphatic heterocycles. The minimum atomic E-state index is 0.0370. The van der Waals surface area contributed by atoms with Crippen molar-refractivity contribution in [2.75, 3.05) is 13.2 Å². The molecule has 1 aromatic carbocycles.